The molecule has 124 valence electrons. The van der Waals surface area contributed by atoms with Crippen LogP contribution in [0.25, 0.3) is 10.9 Å². The summed E-state index contributed by atoms with van der Waals surface area (Å²) in [6, 6.07) is 10.4. The summed E-state index contributed by atoms with van der Waals surface area (Å²) in [4.78, 5) is 16.5. The molecule has 1 aliphatic rings. The number of likely N-dealkylation sites (N-methyl/N-ethyl adjacent to an activating group) is 1. The van der Waals surface area contributed by atoms with Crippen molar-refractivity contribution in [1.82, 2.24) is 14.4 Å². The van der Waals surface area contributed by atoms with Gasteiger partial charge in [0.25, 0.3) is 0 Å². The second-order valence-corrected chi connectivity index (χ2v) is 6.09. The van der Waals surface area contributed by atoms with Crippen molar-refractivity contribution < 1.29 is 9.53 Å². The van der Waals surface area contributed by atoms with Gasteiger partial charge in [0.15, 0.2) is 0 Å². The number of para-hydroxylation sites is 1. The Morgan fingerprint density at radius 2 is 1.96 bits per heavy atom. The van der Waals surface area contributed by atoms with E-state index in [0.29, 0.717) is 6.42 Å². The zero-order chi connectivity index (χ0) is 16.1. The lowest BCUT2D eigenvalue weighted by atomic mass is 10.2. The number of fused-ring (bicyclic) bond motifs is 1. The standard InChI is InChI=1S/C18H25N3O2/c1-19(10-11-20-12-14-23-15-13-20)18(22)7-9-21-8-6-16-4-2-3-5-17(16)21/h2-6,8H,7,9-15H2,1H3. The number of carbonyl (C=O) groups is 1. The summed E-state index contributed by atoms with van der Waals surface area (Å²) >= 11 is 0. The van der Waals surface area contributed by atoms with E-state index in [1.807, 2.05) is 24.1 Å². The molecule has 0 bridgehead atoms. The Morgan fingerprint density at radius 3 is 2.78 bits per heavy atom. The third-order valence-corrected chi connectivity index (χ3v) is 4.53. The Morgan fingerprint density at radius 1 is 1.17 bits per heavy atom. The molecular formula is C18H25N3O2. The van der Waals surface area contributed by atoms with E-state index in [1.165, 1.54) is 10.9 Å². The van der Waals surface area contributed by atoms with Gasteiger partial charge in [-0.3, -0.25) is 9.69 Å². The molecule has 0 spiro atoms. The number of aryl methyl sites for hydroxylation is 1. The lowest BCUT2D eigenvalue weighted by Crippen LogP contribution is -2.42. The number of aromatic nitrogens is 1. The van der Waals surface area contributed by atoms with Crippen LogP contribution in [0.4, 0.5) is 0 Å². The molecule has 5 nitrogen and oxygen atoms in total. The molecule has 0 N–H and O–H groups in total. The fraction of sp³-hybridized carbons (Fsp3) is 0.500. The molecule has 1 aliphatic heterocycles. The first kappa shape index (κ1) is 16.0. The molecule has 1 fully saturated rings. The van der Waals surface area contributed by atoms with Gasteiger partial charge in [-0.2, -0.15) is 0 Å². The Hall–Kier alpha value is -1.85. The predicted octanol–water partition coefficient (Wildman–Crippen LogP) is 1.82. The van der Waals surface area contributed by atoms with Crippen molar-refractivity contribution in [3.63, 3.8) is 0 Å². The zero-order valence-electron chi connectivity index (χ0n) is 13.8. The lowest BCUT2D eigenvalue weighted by Gasteiger charge is -2.28. The monoisotopic (exact) mass is 315 g/mol. The average Bonchev–Trinajstić information content (AvgIpc) is 3.01. The van der Waals surface area contributed by atoms with Gasteiger partial charge >= 0.3 is 0 Å². The van der Waals surface area contributed by atoms with Gasteiger partial charge in [-0.25, -0.2) is 0 Å². The van der Waals surface area contributed by atoms with Gasteiger partial charge in [0.1, 0.15) is 0 Å². The SMILES string of the molecule is CN(CCN1CCOCC1)C(=O)CCn1ccc2ccccc21. The minimum absolute atomic E-state index is 0.205. The molecule has 1 aromatic carbocycles. The molecule has 2 aromatic rings. The van der Waals surface area contributed by atoms with Crippen LogP contribution in [-0.2, 0) is 16.1 Å². The Labute approximate surface area is 137 Å². The number of morpholine rings is 1. The molecule has 3 rings (SSSR count). The van der Waals surface area contributed by atoms with E-state index < -0.39 is 0 Å². The molecule has 0 unspecified atom stereocenters. The maximum Gasteiger partial charge on any atom is 0.224 e. The number of rotatable bonds is 6. The molecule has 0 saturated carbocycles. The van der Waals surface area contributed by atoms with Gasteiger partial charge in [0.05, 0.1) is 13.2 Å². The first-order chi connectivity index (χ1) is 11.2. The summed E-state index contributed by atoms with van der Waals surface area (Å²) in [5.74, 6) is 0.205. The highest BCUT2D eigenvalue weighted by Gasteiger charge is 2.13. The van der Waals surface area contributed by atoms with Crippen LogP contribution in [-0.4, -0.2) is 66.7 Å². The minimum atomic E-state index is 0.205. The molecule has 1 aromatic heterocycles. The van der Waals surface area contributed by atoms with Crippen LogP contribution in [0.1, 0.15) is 6.42 Å². The number of ether oxygens (including phenoxy) is 1. The van der Waals surface area contributed by atoms with Crippen molar-refractivity contribution in [3.8, 4) is 0 Å². The molecule has 0 radical (unpaired) electrons. The van der Waals surface area contributed by atoms with E-state index in [4.69, 9.17) is 4.74 Å². The minimum Gasteiger partial charge on any atom is -0.379 e. The first-order valence-electron chi connectivity index (χ1n) is 8.32. The molecular weight excluding hydrogens is 290 g/mol. The number of hydrogen-bond donors (Lipinski definition) is 0. The van der Waals surface area contributed by atoms with Crippen LogP contribution in [0.5, 0.6) is 0 Å². The number of benzene rings is 1. The Bertz CT molecular complexity index is 647. The summed E-state index contributed by atoms with van der Waals surface area (Å²) in [7, 11) is 1.90. The predicted molar refractivity (Wildman–Crippen MR) is 91.5 cm³/mol. The third-order valence-electron chi connectivity index (χ3n) is 4.53. The number of carbonyl (C=O) groups excluding carboxylic acids is 1. The Balaban J connectivity index is 1.46. The largest absolute Gasteiger partial charge is 0.379 e. The van der Waals surface area contributed by atoms with E-state index in [0.717, 1.165) is 45.9 Å². The summed E-state index contributed by atoms with van der Waals surface area (Å²) in [6.45, 7) is 5.99. The highest BCUT2D eigenvalue weighted by Crippen LogP contribution is 2.15. The van der Waals surface area contributed by atoms with Crippen LogP contribution in [0.3, 0.4) is 0 Å². The van der Waals surface area contributed by atoms with Crippen LogP contribution >= 0.6 is 0 Å². The van der Waals surface area contributed by atoms with Crippen molar-refractivity contribution in [2.24, 2.45) is 0 Å². The summed E-state index contributed by atoms with van der Waals surface area (Å²) in [6.07, 6.45) is 2.60. The molecule has 5 heteroatoms. The van der Waals surface area contributed by atoms with Gasteiger partial charge < -0.3 is 14.2 Å². The van der Waals surface area contributed by atoms with Gasteiger partial charge in [-0.1, -0.05) is 18.2 Å². The lowest BCUT2D eigenvalue weighted by molar-refractivity contribution is -0.130. The smallest absolute Gasteiger partial charge is 0.224 e. The number of hydrogen-bond acceptors (Lipinski definition) is 3. The highest BCUT2D eigenvalue weighted by atomic mass is 16.5. The topological polar surface area (TPSA) is 37.7 Å². The molecule has 0 aliphatic carbocycles. The summed E-state index contributed by atoms with van der Waals surface area (Å²) in [5.41, 5.74) is 1.19. The fourth-order valence-corrected chi connectivity index (χ4v) is 2.98. The normalized spacial score (nSPS) is 15.9. The maximum absolute atomic E-state index is 12.3. The van der Waals surface area contributed by atoms with Crippen LogP contribution in [0.15, 0.2) is 36.5 Å². The Kier molecular flexibility index (Phi) is 5.31. The summed E-state index contributed by atoms with van der Waals surface area (Å²) in [5, 5.41) is 1.22. The van der Waals surface area contributed by atoms with Crippen LogP contribution in [0, 0.1) is 0 Å². The van der Waals surface area contributed by atoms with Crippen molar-refractivity contribution >= 4 is 16.8 Å². The van der Waals surface area contributed by atoms with Crippen LogP contribution < -0.4 is 0 Å². The highest BCUT2D eigenvalue weighted by molar-refractivity contribution is 5.80. The van der Waals surface area contributed by atoms with E-state index in [9.17, 15) is 4.79 Å². The van der Waals surface area contributed by atoms with E-state index in [-0.39, 0.29) is 5.91 Å². The van der Waals surface area contributed by atoms with Crippen molar-refractivity contribution in [3.05, 3.63) is 36.5 Å². The maximum atomic E-state index is 12.3. The first-order valence-corrected chi connectivity index (χ1v) is 8.32. The second-order valence-electron chi connectivity index (χ2n) is 6.09. The quantitative estimate of drug-likeness (QED) is 0.816. The third kappa shape index (κ3) is 4.12. The van der Waals surface area contributed by atoms with Crippen molar-refractivity contribution in [1.29, 1.82) is 0 Å². The second kappa shape index (κ2) is 7.62. The molecule has 1 saturated heterocycles. The molecule has 1 amide bonds. The van der Waals surface area contributed by atoms with Gasteiger partial charge in [-0.05, 0) is 17.5 Å². The van der Waals surface area contributed by atoms with Crippen molar-refractivity contribution in [2.75, 3.05) is 46.4 Å². The van der Waals surface area contributed by atoms with Gasteiger partial charge in [0.2, 0.25) is 5.91 Å². The number of amides is 1. The molecule has 2 heterocycles. The van der Waals surface area contributed by atoms with E-state index in [1.54, 1.807) is 0 Å². The summed E-state index contributed by atoms with van der Waals surface area (Å²) < 4.78 is 7.50. The molecule has 23 heavy (non-hydrogen) atoms. The van der Waals surface area contributed by atoms with Crippen molar-refractivity contribution in [2.45, 2.75) is 13.0 Å². The molecule has 0 atom stereocenters. The van der Waals surface area contributed by atoms with E-state index >= 15 is 0 Å². The van der Waals surface area contributed by atoms with E-state index in [2.05, 4.69) is 33.9 Å². The zero-order valence-corrected chi connectivity index (χ0v) is 13.8. The van der Waals surface area contributed by atoms with Gasteiger partial charge in [0, 0.05) is 57.9 Å². The fourth-order valence-electron chi connectivity index (χ4n) is 2.98. The van der Waals surface area contributed by atoms with Gasteiger partial charge in [-0.15, -0.1) is 0 Å². The van der Waals surface area contributed by atoms with Crippen LogP contribution in [0.2, 0.25) is 0 Å². The number of nitrogens with zero attached hydrogens (tertiary/aromatic N) is 3. The average molecular weight is 315 g/mol.